The summed E-state index contributed by atoms with van der Waals surface area (Å²) in [4.78, 5) is 17.9. The van der Waals surface area contributed by atoms with E-state index in [2.05, 4.69) is 4.98 Å². The molecule has 0 saturated carbocycles. The van der Waals surface area contributed by atoms with Crippen molar-refractivity contribution in [1.82, 2.24) is 9.88 Å². The Kier molecular flexibility index (Phi) is 3.74. The molecule has 0 aromatic carbocycles. The number of hydrogen-bond acceptors (Lipinski definition) is 3. The second kappa shape index (κ2) is 5.27. The third-order valence-electron chi connectivity index (χ3n) is 3.31. The van der Waals surface area contributed by atoms with Crippen molar-refractivity contribution in [1.29, 1.82) is 0 Å². The number of aromatic nitrogens is 1. The van der Waals surface area contributed by atoms with Crippen LogP contribution in [-0.2, 0) is 4.79 Å². The van der Waals surface area contributed by atoms with E-state index in [1.807, 2.05) is 4.90 Å². The van der Waals surface area contributed by atoms with Gasteiger partial charge >= 0.3 is 0 Å². The Morgan fingerprint density at radius 3 is 2.76 bits per heavy atom. The molecule has 2 heterocycles. The molecule has 1 fully saturated rings. The largest absolute Gasteiger partial charge is 0.388 e. The summed E-state index contributed by atoms with van der Waals surface area (Å²) >= 11 is 0. The fourth-order valence-electron chi connectivity index (χ4n) is 2.20. The SMILES string of the molecule is CC(C(=O)N1CCCC1)C(O)c1cccnc1. The van der Waals surface area contributed by atoms with Crippen LogP contribution in [0.2, 0.25) is 0 Å². The number of hydrogen-bond donors (Lipinski definition) is 1. The van der Waals surface area contributed by atoms with E-state index in [9.17, 15) is 9.90 Å². The molecular formula is C13H18N2O2. The Bertz CT molecular complexity index is 374. The fraction of sp³-hybridized carbons (Fsp3) is 0.538. The van der Waals surface area contributed by atoms with Gasteiger partial charge in [0.15, 0.2) is 0 Å². The van der Waals surface area contributed by atoms with E-state index < -0.39 is 12.0 Å². The molecule has 0 radical (unpaired) electrons. The molecule has 1 amide bonds. The molecule has 92 valence electrons. The van der Waals surface area contributed by atoms with Crippen LogP contribution in [0, 0.1) is 5.92 Å². The standard InChI is InChI=1S/C13H18N2O2/c1-10(13(17)15-7-2-3-8-15)12(16)11-5-4-6-14-9-11/h4-6,9-10,12,16H,2-3,7-8H2,1H3. The number of carbonyl (C=O) groups is 1. The topological polar surface area (TPSA) is 53.4 Å². The minimum atomic E-state index is -0.767. The first kappa shape index (κ1) is 12.0. The van der Waals surface area contributed by atoms with E-state index >= 15 is 0 Å². The lowest BCUT2D eigenvalue weighted by atomic mass is 9.97. The third-order valence-corrected chi connectivity index (χ3v) is 3.31. The second-order valence-electron chi connectivity index (χ2n) is 4.55. The van der Waals surface area contributed by atoms with Gasteiger partial charge in [0, 0.05) is 25.5 Å². The molecule has 4 heteroatoms. The maximum atomic E-state index is 12.1. The monoisotopic (exact) mass is 234 g/mol. The molecule has 2 rings (SSSR count). The van der Waals surface area contributed by atoms with Crippen molar-refractivity contribution < 1.29 is 9.90 Å². The highest BCUT2D eigenvalue weighted by Gasteiger charge is 2.29. The van der Waals surface area contributed by atoms with Gasteiger partial charge in [-0.3, -0.25) is 9.78 Å². The molecule has 1 aromatic rings. The molecular weight excluding hydrogens is 216 g/mol. The molecule has 4 nitrogen and oxygen atoms in total. The lowest BCUT2D eigenvalue weighted by molar-refractivity contribution is -0.137. The minimum Gasteiger partial charge on any atom is -0.388 e. The first-order valence-corrected chi connectivity index (χ1v) is 6.07. The van der Waals surface area contributed by atoms with Gasteiger partial charge < -0.3 is 10.0 Å². The van der Waals surface area contributed by atoms with Crippen LogP contribution < -0.4 is 0 Å². The van der Waals surface area contributed by atoms with E-state index in [-0.39, 0.29) is 5.91 Å². The summed E-state index contributed by atoms with van der Waals surface area (Å²) in [6.45, 7) is 3.42. The summed E-state index contributed by atoms with van der Waals surface area (Å²) in [5.41, 5.74) is 0.701. The lowest BCUT2D eigenvalue weighted by Gasteiger charge is -2.24. The van der Waals surface area contributed by atoms with Crippen LogP contribution in [0.15, 0.2) is 24.5 Å². The van der Waals surface area contributed by atoms with Crippen molar-refractivity contribution in [3.8, 4) is 0 Å². The number of likely N-dealkylation sites (tertiary alicyclic amines) is 1. The average molecular weight is 234 g/mol. The van der Waals surface area contributed by atoms with Crippen LogP contribution in [0.5, 0.6) is 0 Å². The number of nitrogens with zero attached hydrogens (tertiary/aromatic N) is 2. The number of aliphatic hydroxyl groups excluding tert-OH is 1. The van der Waals surface area contributed by atoms with Gasteiger partial charge in [-0.2, -0.15) is 0 Å². The van der Waals surface area contributed by atoms with E-state index in [1.165, 1.54) is 0 Å². The van der Waals surface area contributed by atoms with E-state index in [4.69, 9.17) is 0 Å². The molecule has 1 N–H and O–H groups in total. The lowest BCUT2D eigenvalue weighted by Crippen LogP contribution is -2.35. The summed E-state index contributed by atoms with van der Waals surface area (Å²) < 4.78 is 0. The zero-order valence-electron chi connectivity index (χ0n) is 10.0. The van der Waals surface area contributed by atoms with Crippen molar-refractivity contribution in [3.63, 3.8) is 0 Å². The summed E-state index contributed by atoms with van der Waals surface area (Å²) in [6.07, 6.45) is 4.64. The molecule has 2 unspecified atom stereocenters. The number of pyridine rings is 1. The van der Waals surface area contributed by atoms with E-state index in [0.29, 0.717) is 5.56 Å². The van der Waals surface area contributed by atoms with Gasteiger partial charge in [-0.05, 0) is 24.5 Å². The Hall–Kier alpha value is -1.42. The quantitative estimate of drug-likeness (QED) is 0.859. The van der Waals surface area contributed by atoms with Crippen LogP contribution in [0.3, 0.4) is 0 Å². The molecule has 17 heavy (non-hydrogen) atoms. The van der Waals surface area contributed by atoms with Gasteiger partial charge in [-0.25, -0.2) is 0 Å². The van der Waals surface area contributed by atoms with Crippen molar-refractivity contribution >= 4 is 5.91 Å². The van der Waals surface area contributed by atoms with Crippen molar-refractivity contribution in [3.05, 3.63) is 30.1 Å². The van der Waals surface area contributed by atoms with Crippen LogP contribution in [0.1, 0.15) is 31.4 Å². The average Bonchev–Trinajstić information content (AvgIpc) is 2.91. The Morgan fingerprint density at radius 1 is 1.47 bits per heavy atom. The molecule has 1 saturated heterocycles. The van der Waals surface area contributed by atoms with Crippen LogP contribution in [-0.4, -0.2) is 34.0 Å². The zero-order chi connectivity index (χ0) is 12.3. The number of amides is 1. The normalized spacial score (nSPS) is 19.1. The smallest absolute Gasteiger partial charge is 0.228 e. The van der Waals surface area contributed by atoms with Gasteiger partial charge in [0.25, 0.3) is 0 Å². The number of aliphatic hydroxyl groups is 1. The molecule has 2 atom stereocenters. The first-order valence-electron chi connectivity index (χ1n) is 6.07. The van der Waals surface area contributed by atoms with Gasteiger partial charge in [-0.1, -0.05) is 13.0 Å². The van der Waals surface area contributed by atoms with Crippen LogP contribution >= 0.6 is 0 Å². The van der Waals surface area contributed by atoms with Gasteiger partial charge in [0.2, 0.25) is 5.91 Å². The van der Waals surface area contributed by atoms with Gasteiger partial charge in [0.05, 0.1) is 12.0 Å². The minimum absolute atomic E-state index is 0.0406. The predicted molar refractivity (Wildman–Crippen MR) is 64.2 cm³/mol. The Morgan fingerprint density at radius 2 is 2.18 bits per heavy atom. The number of carbonyl (C=O) groups excluding carboxylic acids is 1. The summed E-state index contributed by atoms with van der Waals surface area (Å²) in [5, 5.41) is 10.1. The maximum absolute atomic E-state index is 12.1. The maximum Gasteiger partial charge on any atom is 0.228 e. The van der Waals surface area contributed by atoms with Crippen LogP contribution in [0.4, 0.5) is 0 Å². The second-order valence-corrected chi connectivity index (χ2v) is 4.55. The Labute approximate surface area is 101 Å². The van der Waals surface area contributed by atoms with Gasteiger partial charge in [0.1, 0.15) is 0 Å². The highest BCUT2D eigenvalue weighted by molar-refractivity contribution is 5.79. The zero-order valence-corrected chi connectivity index (χ0v) is 10.0. The van der Waals surface area contributed by atoms with E-state index in [0.717, 1.165) is 25.9 Å². The summed E-state index contributed by atoms with van der Waals surface area (Å²) in [7, 11) is 0. The molecule has 1 aliphatic heterocycles. The highest BCUT2D eigenvalue weighted by Crippen LogP contribution is 2.24. The molecule has 0 spiro atoms. The number of rotatable bonds is 3. The fourth-order valence-corrected chi connectivity index (χ4v) is 2.20. The molecule has 1 aromatic heterocycles. The molecule has 0 bridgehead atoms. The molecule has 0 aliphatic carbocycles. The van der Waals surface area contributed by atoms with E-state index in [1.54, 1.807) is 31.5 Å². The van der Waals surface area contributed by atoms with Crippen molar-refractivity contribution in [2.24, 2.45) is 5.92 Å². The van der Waals surface area contributed by atoms with Crippen molar-refractivity contribution in [2.75, 3.05) is 13.1 Å². The van der Waals surface area contributed by atoms with Crippen LogP contribution in [0.25, 0.3) is 0 Å². The van der Waals surface area contributed by atoms with Gasteiger partial charge in [-0.15, -0.1) is 0 Å². The summed E-state index contributed by atoms with van der Waals surface area (Å²) in [5.74, 6) is -0.365. The first-order chi connectivity index (χ1) is 8.20. The Balaban J connectivity index is 2.04. The summed E-state index contributed by atoms with van der Waals surface area (Å²) in [6, 6.07) is 3.57. The third kappa shape index (κ3) is 2.64. The molecule has 1 aliphatic rings. The van der Waals surface area contributed by atoms with Crippen molar-refractivity contribution in [2.45, 2.75) is 25.9 Å². The highest BCUT2D eigenvalue weighted by atomic mass is 16.3. The predicted octanol–water partition coefficient (Wildman–Crippen LogP) is 1.37.